The number of ether oxygens (including phenoxy) is 1. The summed E-state index contributed by atoms with van der Waals surface area (Å²) < 4.78 is 11.0. The van der Waals surface area contributed by atoms with Crippen LogP contribution in [0.5, 0.6) is 5.75 Å². The molecule has 0 fully saturated rings. The molecule has 2 aromatic carbocycles. The van der Waals surface area contributed by atoms with Crippen LogP contribution >= 0.6 is 11.6 Å². The Morgan fingerprint density at radius 1 is 1.12 bits per heavy atom. The van der Waals surface area contributed by atoms with Crippen molar-refractivity contribution >= 4 is 17.8 Å². The van der Waals surface area contributed by atoms with Crippen molar-refractivity contribution in [2.45, 2.75) is 13.5 Å². The molecule has 3 aromatic rings. The molecular formula is C19H17ClN2O3. The third kappa shape index (κ3) is 4.84. The van der Waals surface area contributed by atoms with E-state index in [-0.39, 0.29) is 6.61 Å². The molecule has 6 heteroatoms. The summed E-state index contributed by atoms with van der Waals surface area (Å²) in [5.41, 5.74) is 1.82. The summed E-state index contributed by atoms with van der Waals surface area (Å²) in [6.07, 6.45) is 3.27. The molecule has 5 nitrogen and oxygen atoms in total. The van der Waals surface area contributed by atoms with Crippen LogP contribution in [0.15, 0.2) is 64.3 Å². The Hall–Kier alpha value is -2.79. The van der Waals surface area contributed by atoms with Crippen LogP contribution in [0, 0.1) is 0 Å². The molecule has 0 aliphatic heterocycles. The molecule has 0 atom stereocenters. The summed E-state index contributed by atoms with van der Waals surface area (Å²) in [5.74, 6) is 1.94. The first kappa shape index (κ1) is 17.0. The van der Waals surface area contributed by atoms with Gasteiger partial charge in [-0.15, -0.1) is 0 Å². The maximum Gasteiger partial charge on any atom is 0.235 e. The number of oxazole rings is 1. The fourth-order valence-corrected chi connectivity index (χ4v) is 2.26. The van der Waals surface area contributed by atoms with Crippen LogP contribution in [-0.4, -0.2) is 17.8 Å². The molecule has 0 N–H and O–H groups in total. The van der Waals surface area contributed by atoms with Crippen molar-refractivity contribution < 1.29 is 14.0 Å². The van der Waals surface area contributed by atoms with E-state index in [1.165, 1.54) is 0 Å². The third-order valence-corrected chi connectivity index (χ3v) is 3.59. The molecule has 0 bridgehead atoms. The van der Waals surface area contributed by atoms with Crippen LogP contribution in [0.1, 0.15) is 18.4 Å². The van der Waals surface area contributed by atoms with Gasteiger partial charge in [0.1, 0.15) is 5.75 Å². The van der Waals surface area contributed by atoms with Crippen LogP contribution in [0.2, 0.25) is 5.02 Å². The number of hydrogen-bond acceptors (Lipinski definition) is 5. The van der Waals surface area contributed by atoms with Gasteiger partial charge in [-0.2, -0.15) is 0 Å². The monoisotopic (exact) mass is 356 g/mol. The Kier molecular flexibility index (Phi) is 5.69. The number of oxime groups is 1. The highest BCUT2D eigenvalue weighted by molar-refractivity contribution is 6.30. The molecule has 0 aliphatic carbocycles. The van der Waals surface area contributed by atoms with Gasteiger partial charge >= 0.3 is 0 Å². The van der Waals surface area contributed by atoms with Crippen molar-refractivity contribution in [2.24, 2.45) is 5.16 Å². The average Bonchev–Trinajstić information content (AvgIpc) is 3.10. The van der Waals surface area contributed by atoms with Gasteiger partial charge in [0.25, 0.3) is 0 Å². The summed E-state index contributed by atoms with van der Waals surface area (Å²) in [7, 11) is 0. The van der Waals surface area contributed by atoms with E-state index < -0.39 is 0 Å². The van der Waals surface area contributed by atoms with Crippen molar-refractivity contribution in [3.8, 4) is 17.1 Å². The highest BCUT2D eigenvalue weighted by atomic mass is 35.5. The number of benzene rings is 2. The van der Waals surface area contributed by atoms with Crippen molar-refractivity contribution in [3.63, 3.8) is 0 Å². The van der Waals surface area contributed by atoms with Crippen LogP contribution in [-0.2, 0) is 11.4 Å². The molecule has 25 heavy (non-hydrogen) atoms. The lowest BCUT2D eigenvalue weighted by atomic mass is 10.2. The normalized spacial score (nSPS) is 11.0. The lowest BCUT2D eigenvalue weighted by molar-refractivity contribution is 0.113. The first-order valence-electron chi connectivity index (χ1n) is 7.83. The van der Waals surface area contributed by atoms with E-state index in [1.54, 1.807) is 24.5 Å². The van der Waals surface area contributed by atoms with Gasteiger partial charge in [0.05, 0.1) is 19.0 Å². The molecule has 3 rings (SSSR count). The van der Waals surface area contributed by atoms with Crippen molar-refractivity contribution in [1.82, 2.24) is 4.98 Å². The molecule has 1 heterocycles. The summed E-state index contributed by atoms with van der Waals surface area (Å²) in [5, 5.41) is 4.60. The fraction of sp³-hybridized carbons (Fsp3) is 0.158. The quantitative estimate of drug-likeness (QED) is 0.444. The van der Waals surface area contributed by atoms with Crippen molar-refractivity contribution in [2.75, 3.05) is 6.61 Å². The zero-order chi connectivity index (χ0) is 17.5. The van der Waals surface area contributed by atoms with Gasteiger partial charge in [0.2, 0.25) is 5.89 Å². The van der Waals surface area contributed by atoms with E-state index in [1.807, 2.05) is 43.3 Å². The van der Waals surface area contributed by atoms with E-state index in [4.69, 9.17) is 25.6 Å². The number of nitrogens with zero attached hydrogens (tertiary/aromatic N) is 2. The van der Waals surface area contributed by atoms with E-state index in [0.717, 1.165) is 16.9 Å². The van der Waals surface area contributed by atoms with Crippen LogP contribution < -0.4 is 4.74 Å². The average molecular weight is 357 g/mol. The van der Waals surface area contributed by atoms with Gasteiger partial charge in [-0.25, -0.2) is 4.98 Å². The second kappa shape index (κ2) is 8.35. The Balaban J connectivity index is 1.53. The molecule has 0 amide bonds. The summed E-state index contributed by atoms with van der Waals surface area (Å²) in [4.78, 5) is 9.41. The molecule has 0 unspecified atom stereocenters. The van der Waals surface area contributed by atoms with Gasteiger partial charge < -0.3 is 14.0 Å². The summed E-state index contributed by atoms with van der Waals surface area (Å²) in [6.45, 7) is 2.75. The SMILES string of the molecule is CCOc1ccc(/C=N\OCc2ncc(-c3ccc(Cl)cc3)o2)cc1. The highest BCUT2D eigenvalue weighted by Gasteiger charge is 2.06. The first-order valence-corrected chi connectivity index (χ1v) is 8.21. The largest absolute Gasteiger partial charge is 0.494 e. The van der Waals surface area contributed by atoms with Crippen molar-refractivity contribution in [1.29, 1.82) is 0 Å². The maximum absolute atomic E-state index is 5.87. The van der Waals surface area contributed by atoms with Gasteiger partial charge in [0.15, 0.2) is 12.4 Å². The smallest absolute Gasteiger partial charge is 0.235 e. The molecule has 0 aliphatic rings. The Morgan fingerprint density at radius 3 is 2.60 bits per heavy atom. The lowest BCUT2D eigenvalue weighted by Gasteiger charge is -2.01. The lowest BCUT2D eigenvalue weighted by Crippen LogP contribution is -1.91. The molecular weight excluding hydrogens is 340 g/mol. The van der Waals surface area contributed by atoms with E-state index >= 15 is 0 Å². The van der Waals surface area contributed by atoms with Gasteiger partial charge in [-0.05, 0) is 61.0 Å². The molecule has 0 saturated carbocycles. The molecule has 0 radical (unpaired) electrons. The first-order chi connectivity index (χ1) is 12.2. The molecule has 0 saturated heterocycles. The second-order valence-corrected chi connectivity index (χ2v) is 5.57. The predicted octanol–water partition coefficient (Wildman–Crippen LogP) is 4.94. The minimum Gasteiger partial charge on any atom is -0.494 e. The number of aromatic nitrogens is 1. The fourth-order valence-electron chi connectivity index (χ4n) is 2.13. The Labute approximate surface area is 150 Å². The minimum absolute atomic E-state index is 0.154. The highest BCUT2D eigenvalue weighted by Crippen LogP contribution is 2.22. The standard InChI is InChI=1S/C19H17ClN2O3/c1-2-23-17-9-3-14(4-10-17)11-22-24-13-19-21-12-18(25-19)15-5-7-16(20)8-6-15/h3-12H,2,13H2,1H3/b22-11-. The summed E-state index contributed by atoms with van der Waals surface area (Å²) >= 11 is 5.87. The second-order valence-electron chi connectivity index (χ2n) is 5.14. The van der Waals surface area contributed by atoms with Crippen LogP contribution in [0.25, 0.3) is 11.3 Å². The van der Waals surface area contributed by atoms with Gasteiger partial charge in [-0.3, -0.25) is 0 Å². The van der Waals surface area contributed by atoms with Crippen molar-refractivity contribution in [3.05, 3.63) is 71.2 Å². The van der Waals surface area contributed by atoms with Crippen LogP contribution in [0.4, 0.5) is 0 Å². The zero-order valence-electron chi connectivity index (χ0n) is 13.7. The minimum atomic E-state index is 0.154. The number of halogens is 1. The topological polar surface area (TPSA) is 56.9 Å². The number of rotatable bonds is 7. The summed E-state index contributed by atoms with van der Waals surface area (Å²) in [6, 6.07) is 14.9. The van der Waals surface area contributed by atoms with Crippen LogP contribution in [0.3, 0.4) is 0 Å². The molecule has 1 aromatic heterocycles. The van der Waals surface area contributed by atoms with E-state index in [2.05, 4.69) is 10.1 Å². The molecule has 0 spiro atoms. The maximum atomic E-state index is 5.87. The van der Waals surface area contributed by atoms with E-state index in [0.29, 0.717) is 23.3 Å². The Bertz CT molecular complexity index is 827. The van der Waals surface area contributed by atoms with E-state index in [9.17, 15) is 0 Å². The van der Waals surface area contributed by atoms with Gasteiger partial charge in [-0.1, -0.05) is 16.8 Å². The third-order valence-electron chi connectivity index (χ3n) is 3.34. The van der Waals surface area contributed by atoms with Gasteiger partial charge in [0, 0.05) is 10.6 Å². The molecule has 128 valence electrons. The Morgan fingerprint density at radius 2 is 1.88 bits per heavy atom. The predicted molar refractivity (Wildman–Crippen MR) is 96.9 cm³/mol. The zero-order valence-corrected chi connectivity index (χ0v) is 14.4. The number of hydrogen-bond donors (Lipinski definition) is 0.